The molecule has 0 bridgehead atoms. The van der Waals surface area contributed by atoms with Gasteiger partial charge in [-0.1, -0.05) is 13.8 Å². The summed E-state index contributed by atoms with van der Waals surface area (Å²) in [6, 6.07) is 3.96. The lowest BCUT2D eigenvalue weighted by Crippen LogP contribution is -2.42. The molecule has 0 radical (unpaired) electrons. The van der Waals surface area contributed by atoms with Gasteiger partial charge in [0.15, 0.2) is 0 Å². The lowest BCUT2D eigenvalue weighted by molar-refractivity contribution is -0.0426. The summed E-state index contributed by atoms with van der Waals surface area (Å²) in [5, 5.41) is 10.7. The molecule has 1 aliphatic carbocycles. The fraction of sp³-hybridized carbons (Fsp3) is 0.615. The van der Waals surface area contributed by atoms with Crippen molar-refractivity contribution in [3.8, 4) is 0 Å². The third kappa shape index (κ3) is 2.16. The second-order valence-corrected chi connectivity index (χ2v) is 6.33. The Morgan fingerprint density at radius 2 is 2.12 bits per heavy atom. The van der Waals surface area contributed by atoms with Crippen molar-refractivity contribution in [1.29, 1.82) is 0 Å². The number of hydrogen-bond donors (Lipinski definition) is 1. The van der Waals surface area contributed by atoms with E-state index in [-0.39, 0.29) is 5.41 Å². The summed E-state index contributed by atoms with van der Waals surface area (Å²) in [5.74, 6) is 0. The summed E-state index contributed by atoms with van der Waals surface area (Å²) in [6.45, 7) is 4.30. The van der Waals surface area contributed by atoms with Gasteiger partial charge in [-0.05, 0) is 52.7 Å². The van der Waals surface area contributed by atoms with Crippen molar-refractivity contribution < 1.29 is 5.11 Å². The summed E-state index contributed by atoms with van der Waals surface area (Å²) >= 11 is 3.37. The third-order valence-corrected chi connectivity index (χ3v) is 4.38. The topological polar surface area (TPSA) is 33.1 Å². The Balaban J connectivity index is 2.18. The number of pyridine rings is 1. The second-order valence-electron chi connectivity index (χ2n) is 5.41. The van der Waals surface area contributed by atoms with E-state index < -0.39 is 5.60 Å². The third-order valence-electron chi connectivity index (χ3n) is 3.91. The highest BCUT2D eigenvalue weighted by Gasteiger charge is 2.47. The van der Waals surface area contributed by atoms with Crippen molar-refractivity contribution in [2.45, 2.75) is 45.1 Å². The van der Waals surface area contributed by atoms with Crippen molar-refractivity contribution in [3.63, 3.8) is 0 Å². The van der Waals surface area contributed by atoms with Crippen LogP contribution in [0.3, 0.4) is 0 Å². The molecule has 0 aliphatic heterocycles. The highest BCUT2D eigenvalue weighted by Crippen LogP contribution is 2.47. The molecular formula is C13H18BrNO. The summed E-state index contributed by atoms with van der Waals surface area (Å²) < 4.78 is 0.980. The normalized spacial score (nSPS) is 28.2. The first-order valence-electron chi connectivity index (χ1n) is 5.76. The molecule has 2 rings (SSSR count). The molecule has 88 valence electrons. The Morgan fingerprint density at radius 1 is 1.38 bits per heavy atom. The number of hydrogen-bond acceptors (Lipinski definition) is 2. The maximum Gasteiger partial charge on any atom is 0.0753 e. The van der Waals surface area contributed by atoms with Gasteiger partial charge in [0.2, 0.25) is 0 Å². The van der Waals surface area contributed by atoms with Crippen molar-refractivity contribution in [2.75, 3.05) is 0 Å². The predicted octanol–water partition coefficient (Wildman–Crippen LogP) is 3.33. The fourth-order valence-corrected chi connectivity index (χ4v) is 2.77. The zero-order valence-corrected chi connectivity index (χ0v) is 11.4. The van der Waals surface area contributed by atoms with E-state index >= 15 is 0 Å². The highest BCUT2D eigenvalue weighted by molar-refractivity contribution is 9.10. The quantitative estimate of drug-likeness (QED) is 0.903. The molecule has 0 saturated heterocycles. The van der Waals surface area contributed by atoms with E-state index in [0.717, 1.165) is 29.4 Å². The van der Waals surface area contributed by atoms with Crippen LogP contribution in [-0.2, 0) is 6.42 Å². The second kappa shape index (κ2) is 4.11. The van der Waals surface area contributed by atoms with Crippen LogP contribution in [0.5, 0.6) is 0 Å². The van der Waals surface area contributed by atoms with Gasteiger partial charge in [0.05, 0.1) is 5.60 Å². The van der Waals surface area contributed by atoms with Crippen LogP contribution in [0.25, 0.3) is 0 Å². The van der Waals surface area contributed by atoms with Crippen molar-refractivity contribution in [1.82, 2.24) is 4.98 Å². The Kier molecular flexibility index (Phi) is 3.10. The summed E-state index contributed by atoms with van der Waals surface area (Å²) in [6.07, 6.45) is 5.55. The molecule has 1 heterocycles. The molecule has 2 nitrogen and oxygen atoms in total. The Morgan fingerprint density at radius 3 is 2.62 bits per heavy atom. The van der Waals surface area contributed by atoms with Crippen LogP contribution >= 0.6 is 15.9 Å². The lowest BCUT2D eigenvalue weighted by atomic mass is 9.75. The van der Waals surface area contributed by atoms with E-state index in [9.17, 15) is 5.11 Å². The van der Waals surface area contributed by atoms with Crippen LogP contribution in [0.2, 0.25) is 0 Å². The summed E-state index contributed by atoms with van der Waals surface area (Å²) in [4.78, 5) is 4.35. The van der Waals surface area contributed by atoms with Gasteiger partial charge < -0.3 is 5.11 Å². The average Bonchev–Trinajstić information content (AvgIpc) is 2.45. The van der Waals surface area contributed by atoms with Crippen LogP contribution in [-0.4, -0.2) is 15.7 Å². The monoisotopic (exact) mass is 283 g/mol. The number of halogens is 1. The Labute approximate surface area is 105 Å². The van der Waals surface area contributed by atoms with Crippen molar-refractivity contribution in [2.24, 2.45) is 5.41 Å². The minimum atomic E-state index is -0.589. The number of aromatic nitrogens is 1. The molecule has 1 atom stereocenters. The molecule has 1 aliphatic rings. The summed E-state index contributed by atoms with van der Waals surface area (Å²) in [5.41, 5.74) is 0.385. The first kappa shape index (κ1) is 12.1. The molecular weight excluding hydrogens is 266 g/mol. The van der Waals surface area contributed by atoms with Gasteiger partial charge in [-0.15, -0.1) is 0 Å². The molecule has 0 amide bonds. The largest absolute Gasteiger partial charge is 0.389 e. The van der Waals surface area contributed by atoms with Gasteiger partial charge in [0.25, 0.3) is 0 Å². The van der Waals surface area contributed by atoms with Crippen LogP contribution in [0.15, 0.2) is 22.8 Å². The zero-order chi connectivity index (χ0) is 11.8. The number of nitrogens with zero attached hydrogens (tertiary/aromatic N) is 1. The van der Waals surface area contributed by atoms with Gasteiger partial charge in [0, 0.05) is 22.8 Å². The van der Waals surface area contributed by atoms with Gasteiger partial charge >= 0.3 is 0 Å². The van der Waals surface area contributed by atoms with Gasteiger partial charge in [-0.3, -0.25) is 4.98 Å². The lowest BCUT2D eigenvalue weighted by Gasteiger charge is -2.36. The van der Waals surface area contributed by atoms with E-state index in [0.29, 0.717) is 6.42 Å². The molecule has 1 aromatic heterocycles. The van der Waals surface area contributed by atoms with Crippen LogP contribution in [0.4, 0.5) is 0 Å². The maximum absolute atomic E-state index is 10.7. The molecule has 16 heavy (non-hydrogen) atoms. The fourth-order valence-electron chi connectivity index (χ4n) is 2.53. The van der Waals surface area contributed by atoms with E-state index in [4.69, 9.17) is 0 Å². The molecule has 1 unspecified atom stereocenters. The van der Waals surface area contributed by atoms with Gasteiger partial charge in [0.1, 0.15) is 0 Å². The molecule has 0 spiro atoms. The molecule has 1 fully saturated rings. The van der Waals surface area contributed by atoms with E-state index in [1.54, 1.807) is 6.20 Å². The zero-order valence-electron chi connectivity index (χ0n) is 9.83. The minimum Gasteiger partial charge on any atom is -0.389 e. The molecule has 0 aromatic carbocycles. The molecule has 3 heteroatoms. The van der Waals surface area contributed by atoms with Crippen molar-refractivity contribution in [3.05, 3.63) is 28.5 Å². The average molecular weight is 284 g/mol. The van der Waals surface area contributed by atoms with Crippen LogP contribution in [0, 0.1) is 5.41 Å². The molecule has 1 N–H and O–H groups in total. The minimum absolute atomic E-state index is 0.00174. The Bertz CT molecular complexity index is 374. The van der Waals surface area contributed by atoms with Crippen LogP contribution in [0.1, 0.15) is 38.8 Å². The molecule has 1 aromatic rings. The first-order chi connectivity index (χ1) is 7.43. The highest BCUT2D eigenvalue weighted by atomic mass is 79.9. The predicted molar refractivity (Wildman–Crippen MR) is 68.2 cm³/mol. The van der Waals surface area contributed by atoms with E-state index in [1.807, 2.05) is 12.1 Å². The van der Waals surface area contributed by atoms with Gasteiger partial charge in [-0.25, -0.2) is 0 Å². The van der Waals surface area contributed by atoms with Crippen LogP contribution < -0.4 is 0 Å². The number of aliphatic hydroxyl groups is 1. The molecule has 1 saturated carbocycles. The SMILES string of the molecule is CC1(C)CCCC1(O)Cc1ccc(Br)cn1. The van der Waals surface area contributed by atoms with E-state index in [2.05, 4.69) is 34.8 Å². The standard InChI is InChI=1S/C13H18BrNO/c1-12(2)6-3-7-13(12,16)8-11-5-4-10(14)9-15-11/h4-5,9,16H,3,6-8H2,1-2H3. The van der Waals surface area contributed by atoms with E-state index in [1.165, 1.54) is 0 Å². The van der Waals surface area contributed by atoms with Crippen molar-refractivity contribution >= 4 is 15.9 Å². The maximum atomic E-state index is 10.7. The smallest absolute Gasteiger partial charge is 0.0753 e. The van der Waals surface area contributed by atoms with Gasteiger partial charge in [-0.2, -0.15) is 0 Å². The number of rotatable bonds is 2. The Hall–Kier alpha value is -0.410. The summed E-state index contributed by atoms with van der Waals surface area (Å²) in [7, 11) is 0. The first-order valence-corrected chi connectivity index (χ1v) is 6.55.